The Morgan fingerprint density at radius 3 is 2.58 bits per heavy atom. The van der Waals surface area contributed by atoms with E-state index in [-0.39, 0.29) is 5.69 Å². The molecule has 0 saturated carbocycles. The fourth-order valence-corrected chi connectivity index (χ4v) is 2.53. The van der Waals surface area contributed by atoms with Gasteiger partial charge >= 0.3 is 6.18 Å². The van der Waals surface area contributed by atoms with Gasteiger partial charge in [0, 0.05) is 14.8 Å². The number of anilines is 1. The molecule has 0 aliphatic rings. The fourth-order valence-electron chi connectivity index (χ4n) is 1.35. The number of pyridine rings is 1. The highest BCUT2D eigenvalue weighted by atomic mass is 35.5. The molecule has 0 aliphatic carbocycles. The first-order valence-corrected chi connectivity index (χ1v) is 6.32. The minimum atomic E-state index is -4.49. The molecule has 2 nitrogen and oxygen atoms in total. The summed E-state index contributed by atoms with van der Waals surface area (Å²) < 4.78 is 37.7. The second-order valence-electron chi connectivity index (χ2n) is 3.66. The number of hydrogen-bond acceptors (Lipinski definition) is 3. The standard InChI is InChI=1S/C12H8ClF3N2S/c13-7-2-1-3-8(4-7)19-10-5-11(12(14,15)16)18-6-9(10)17/h1-6H,17H2. The zero-order valence-corrected chi connectivity index (χ0v) is 11.0. The van der Waals surface area contributed by atoms with Gasteiger partial charge in [0.25, 0.3) is 0 Å². The first-order valence-electron chi connectivity index (χ1n) is 5.12. The van der Waals surface area contributed by atoms with Crippen LogP contribution in [0.25, 0.3) is 0 Å². The Balaban J connectivity index is 2.34. The monoisotopic (exact) mass is 304 g/mol. The summed E-state index contributed by atoms with van der Waals surface area (Å²) in [4.78, 5) is 4.28. The largest absolute Gasteiger partial charge is 0.433 e. The number of nitrogens with zero attached hydrogens (tertiary/aromatic N) is 1. The number of nitrogen functional groups attached to an aromatic ring is 1. The molecule has 0 saturated heterocycles. The first-order chi connectivity index (χ1) is 8.86. The molecule has 1 heterocycles. The van der Waals surface area contributed by atoms with E-state index in [2.05, 4.69) is 4.98 Å². The summed E-state index contributed by atoms with van der Waals surface area (Å²) in [6, 6.07) is 7.72. The Morgan fingerprint density at radius 1 is 1.21 bits per heavy atom. The van der Waals surface area contributed by atoms with Gasteiger partial charge in [-0.3, -0.25) is 0 Å². The summed E-state index contributed by atoms with van der Waals surface area (Å²) >= 11 is 6.93. The molecule has 0 radical (unpaired) electrons. The number of benzene rings is 1. The average Bonchev–Trinajstić information content (AvgIpc) is 2.30. The van der Waals surface area contributed by atoms with E-state index in [1.54, 1.807) is 24.3 Å². The van der Waals surface area contributed by atoms with Gasteiger partial charge in [0.15, 0.2) is 0 Å². The van der Waals surface area contributed by atoms with Crippen molar-refractivity contribution in [1.29, 1.82) is 0 Å². The van der Waals surface area contributed by atoms with Gasteiger partial charge in [0.2, 0.25) is 0 Å². The van der Waals surface area contributed by atoms with E-state index < -0.39 is 11.9 Å². The summed E-state index contributed by atoms with van der Waals surface area (Å²) in [5.74, 6) is 0. The Labute approximate surface area is 116 Å². The normalized spacial score (nSPS) is 11.6. The molecule has 0 bridgehead atoms. The lowest BCUT2D eigenvalue weighted by Gasteiger charge is -2.10. The Hall–Kier alpha value is -1.40. The van der Waals surface area contributed by atoms with Crippen molar-refractivity contribution in [1.82, 2.24) is 4.98 Å². The van der Waals surface area contributed by atoms with Crippen molar-refractivity contribution >= 4 is 29.1 Å². The Bertz CT molecular complexity index is 602. The maximum atomic E-state index is 12.6. The zero-order chi connectivity index (χ0) is 14.0. The van der Waals surface area contributed by atoms with Crippen LogP contribution in [0.15, 0.2) is 46.3 Å². The fraction of sp³-hybridized carbons (Fsp3) is 0.0833. The van der Waals surface area contributed by atoms with E-state index in [4.69, 9.17) is 17.3 Å². The third-order valence-electron chi connectivity index (χ3n) is 2.21. The number of aromatic nitrogens is 1. The van der Waals surface area contributed by atoms with Crippen LogP contribution in [0.2, 0.25) is 5.02 Å². The molecule has 19 heavy (non-hydrogen) atoms. The molecule has 1 aromatic heterocycles. The molecule has 100 valence electrons. The summed E-state index contributed by atoms with van der Waals surface area (Å²) in [5, 5.41) is 0.508. The van der Waals surface area contributed by atoms with Gasteiger partial charge in [-0.1, -0.05) is 29.4 Å². The van der Waals surface area contributed by atoms with Crippen LogP contribution in [-0.2, 0) is 6.18 Å². The van der Waals surface area contributed by atoms with E-state index in [0.717, 1.165) is 24.0 Å². The van der Waals surface area contributed by atoms with Crippen molar-refractivity contribution in [3.63, 3.8) is 0 Å². The third-order valence-corrected chi connectivity index (χ3v) is 3.51. The Morgan fingerprint density at radius 2 is 1.95 bits per heavy atom. The Kier molecular flexibility index (Phi) is 3.91. The highest BCUT2D eigenvalue weighted by Gasteiger charge is 2.33. The van der Waals surface area contributed by atoms with Gasteiger partial charge in [-0.15, -0.1) is 0 Å². The summed E-state index contributed by atoms with van der Waals surface area (Å²) in [6.45, 7) is 0. The van der Waals surface area contributed by atoms with Crippen molar-refractivity contribution < 1.29 is 13.2 Å². The summed E-state index contributed by atoms with van der Waals surface area (Å²) in [7, 11) is 0. The zero-order valence-electron chi connectivity index (χ0n) is 9.41. The van der Waals surface area contributed by atoms with Gasteiger partial charge in [-0.05, 0) is 24.3 Å². The number of halogens is 4. The number of hydrogen-bond donors (Lipinski definition) is 1. The van der Waals surface area contributed by atoms with Crippen LogP contribution in [0.5, 0.6) is 0 Å². The van der Waals surface area contributed by atoms with E-state index in [1.165, 1.54) is 0 Å². The van der Waals surface area contributed by atoms with Crippen molar-refractivity contribution in [3.05, 3.63) is 47.2 Å². The third kappa shape index (κ3) is 3.54. The molecule has 0 atom stereocenters. The second-order valence-corrected chi connectivity index (χ2v) is 5.22. The SMILES string of the molecule is Nc1cnc(C(F)(F)F)cc1Sc1cccc(Cl)c1. The molecule has 7 heteroatoms. The van der Waals surface area contributed by atoms with Crippen LogP contribution in [0.4, 0.5) is 18.9 Å². The van der Waals surface area contributed by atoms with E-state index in [0.29, 0.717) is 14.8 Å². The van der Waals surface area contributed by atoms with Gasteiger partial charge in [-0.2, -0.15) is 13.2 Å². The van der Waals surface area contributed by atoms with Crippen molar-refractivity contribution in [2.75, 3.05) is 5.73 Å². The predicted molar refractivity (Wildman–Crippen MR) is 69.2 cm³/mol. The van der Waals surface area contributed by atoms with Crippen LogP contribution < -0.4 is 5.73 Å². The van der Waals surface area contributed by atoms with E-state index in [1.807, 2.05) is 0 Å². The lowest BCUT2D eigenvalue weighted by atomic mass is 10.3. The molecule has 0 aliphatic heterocycles. The number of rotatable bonds is 2. The van der Waals surface area contributed by atoms with Crippen molar-refractivity contribution in [2.24, 2.45) is 0 Å². The first kappa shape index (κ1) is 14.0. The molecule has 2 N–H and O–H groups in total. The van der Waals surface area contributed by atoms with Gasteiger partial charge in [0.1, 0.15) is 5.69 Å². The molecule has 0 amide bonds. The summed E-state index contributed by atoms with van der Waals surface area (Å²) in [6.07, 6.45) is -3.48. The molecule has 2 aromatic rings. The highest BCUT2D eigenvalue weighted by Crippen LogP contribution is 2.36. The van der Waals surface area contributed by atoms with E-state index in [9.17, 15) is 13.2 Å². The van der Waals surface area contributed by atoms with Gasteiger partial charge in [-0.25, -0.2) is 4.98 Å². The maximum absolute atomic E-state index is 12.6. The molecule has 0 fully saturated rings. The minimum absolute atomic E-state index is 0.193. The van der Waals surface area contributed by atoms with Crippen molar-refractivity contribution in [3.8, 4) is 0 Å². The topological polar surface area (TPSA) is 38.9 Å². The van der Waals surface area contributed by atoms with E-state index >= 15 is 0 Å². The smallest absolute Gasteiger partial charge is 0.397 e. The lowest BCUT2D eigenvalue weighted by Crippen LogP contribution is -2.08. The van der Waals surface area contributed by atoms with Gasteiger partial charge < -0.3 is 5.73 Å². The van der Waals surface area contributed by atoms with Gasteiger partial charge in [0.05, 0.1) is 11.9 Å². The highest BCUT2D eigenvalue weighted by molar-refractivity contribution is 7.99. The lowest BCUT2D eigenvalue weighted by molar-refractivity contribution is -0.141. The molecular formula is C12H8ClF3N2S. The molecule has 0 unspecified atom stereocenters. The molecular weight excluding hydrogens is 297 g/mol. The van der Waals surface area contributed by atoms with Crippen LogP contribution in [0.1, 0.15) is 5.69 Å². The second kappa shape index (κ2) is 5.30. The molecule has 2 rings (SSSR count). The maximum Gasteiger partial charge on any atom is 0.433 e. The number of nitrogens with two attached hydrogens (primary N) is 1. The number of alkyl halides is 3. The molecule has 0 spiro atoms. The van der Waals surface area contributed by atoms with Crippen LogP contribution >= 0.6 is 23.4 Å². The van der Waals surface area contributed by atoms with Crippen LogP contribution in [0, 0.1) is 0 Å². The van der Waals surface area contributed by atoms with Crippen LogP contribution in [-0.4, -0.2) is 4.98 Å². The predicted octanol–water partition coefficient (Wildman–Crippen LogP) is 4.49. The molecule has 1 aromatic carbocycles. The quantitative estimate of drug-likeness (QED) is 0.888. The van der Waals surface area contributed by atoms with Crippen molar-refractivity contribution in [2.45, 2.75) is 16.0 Å². The average molecular weight is 305 g/mol. The minimum Gasteiger partial charge on any atom is -0.397 e. The van der Waals surface area contributed by atoms with Crippen LogP contribution in [0.3, 0.4) is 0 Å². The summed E-state index contributed by atoms with van der Waals surface area (Å²) in [5.41, 5.74) is 4.86.